The Kier molecular flexibility index (Phi) is 27.1. The van der Waals surface area contributed by atoms with Gasteiger partial charge in [0.25, 0.3) is 5.78 Å². The summed E-state index contributed by atoms with van der Waals surface area (Å²) in [6.07, 6.45) is 4.26. The topological polar surface area (TPSA) is 176 Å². The first kappa shape index (κ1) is 70.1. The molecule has 0 spiro atoms. The van der Waals surface area contributed by atoms with Gasteiger partial charge in [-0.3, -0.25) is 24.0 Å². The highest BCUT2D eigenvalue weighted by Gasteiger charge is 2.39. The Morgan fingerprint density at radius 3 is 1.20 bits per heavy atom. The van der Waals surface area contributed by atoms with Crippen LogP contribution in [0.5, 0.6) is 0 Å². The lowest BCUT2D eigenvalue weighted by Gasteiger charge is -2.30. The zero-order valence-electron chi connectivity index (χ0n) is 52.6. The van der Waals surface area contributed by atoms with Crippen LogP contribution in [0.3, 0.4) is 0 Å². The quantitative estimate of drug-likeness (QED) is 0.0360. The molecule has 13 heteroatoms. The number of aliphatic hydroxyl groups is 2. The van der Waals surface area contributed by atoms with Gasteiger partial charge in [-0.15, -0.1) is 0 Å². The smallest absolute Gasteiger partial charge is 0.379 e. The van der Waals surface area contributed by atoms with E-state index >= 15 is 0 Å². The maximum Gasteiger partial charge on any atom is 0.379 e. The van der Waals surface area contributed by atoms with Gasteiger partial charge < -0.3 is 29.3 Å². The minimum absolute atomic E-state index is 0.0761. The van der Waals surface area contributed by atoms with Crippen LogP contribution in [-0.2, 0) is 14.1 Å². The van der Waals surface area contributed by atoms with Crippen molar-refractivity contribution in [1.82, 2.24) is 0 Å². The summed E-state index contributed by atoms with van der Waals surface area (Å²) in [6, 6.07) is 64.1. The number of hydrogen-bond acceptors (Lipinski definition) is 12. The second-order valence-electron chi connectivity index (χ2n) is 21.9. The Labute approximate surface area is 520 Å². The van der Waals surface area contributed by atoms with Crippen LogP contribution in [0, 0.1) is 20.8 Å². The van der Waals surface area contributed by atoms with Gasteiger partial charge in [0.15, 0.2) is 17.3 Å². The molecule has 0 aromatic heterocycles. The summed E-state index contributed by atoms with van der Waals surface area (Å²) in [4.78, 5) is 76.1. The molecule has 9 rings (SSSR count). The maximum atomic E-state index is 14.2. The van der Waals surface area contributed by atoms with E-state index in [1.165, 1.54) is 21.0 Å². The summed E-state index contributed by atoms with van der Waals surface area (Å²) < 4.78 is 18.4. The highest BCUT2D eigenvalue weighted by Crippen LogP contribution is 2.48. The van der Waals surface area contributed by atoms with Crippen molar-refractivity contribution in [3.05, 3.63) is 262 Å². The predicted molar refractivity (Wildman–Crippen MR) is 357 cm³/mol. The van der Waals surface area contributed by atoms with Gasteiger partial charge in [0.2, 0.25) is 12.7 Å². The largest absolute Gasteiger partial charge is 0.463 e. The van der Waals surface area contributed by atoms with Crippen LogP contribution in [0.25, 0.3) is 0 Å². The number of carbonyl (C=O) groups is 6. The maximum absolute atomic E-state index is 14.2. The van der Waals surface area contributed by atoms with Gasteiger partial charge in [0, 0.05) is 81.5 Å². The van der Waals surface area contributed by atoms with E-state index in [9.17, 15) is 43.5 Å². The molecule has 0 aliphatic heterocycles. The Hall–Kier alpha value is -8.67. The van der Waals surface area contributed by atoms with Crippen LogP contribution in [0.4, 0.5) is 11.4 Å². The minimum Gasteiger partial charge on any atom is -0.463 e. The average Bonchev–Trinajstić information content (AvgIpc) is 2.63. The van der Waals surface area contributed by atoms with Crippen molar-refractivity contribution >= 4 is 63.8 Å². The number of aryl methyl sites for hydroxylation is 3. The Balaban J connectivity index is 0.000000208. The number of benzene rings is 8. The number of nitrogens with zero attached hydrogens (tertiary/aromatic N) is 2. The molecule has 8 aromatic rings. The van der Waals surface area contributed by atoms with Crippen molar-refractivity contribution in [2.75, 3.05) is 43.1 Å². The molecular weight excluding hydrogens is 1120 g/mol. The molecule has 8 aromatic carbocycles. The molecule has 0 saturated heterocycles. The molecule has 12 nitrogen and oxygen atoms in total. The van der Waals surface area contributed by atoms with E-state index in [0.29, 0.717) is 45.7 Å². The first-order valence-corrected chi connectivity index (χ1v) is 31.7. The van der Waals surface area contributed by atoms with Gasteiger partial charge >= 0.3 is 5.97 Å². The molecule has 0 unspecified atom stereocenters. The molecule has 2 N–H and O–H groups in total. The first-order chi connectivity index (χ1) is 42.1. The van der Waals surface area contributed by atoms with E-state index in [0.717, 1.165) is 84.6 Å². The fourth-order valence-corrected chi connectivity index (χ4v) is 12.9. The van der Waals surface area contributed by atoms with Crippen molar-refractivity contribution in [2.45, 2.75) is 106 Å². The zero-order valence-corrected chi connectivity index (χ0v) is 53.5. The predicted octanol–water partition coefficient (Wildman–Crippen LogP) is 14.6. The molecule has 1 aliphatic rings. The van der Waals surface area contributed by atoms with Crippen LogP contribution in [-0.4, -0.2) is 89.3 Å². The highest BCUT2D eigenvalue weighted by molar-refractivity contribution is 7.93. The number of methoxy groups -OCH3 is 1. The Morgan fingerprint density at radius 2 is 0.852 bits per heavy atom. The number of anilines is 2. The fraction of sp³-hybridized carbons (Fsp3) is 0.280. The van der Waals surface area contributed by atoms with Gasteiger partial charge in [0.05, 0.1) is 7.11 Å². The minimum atomic E-state index is -3.44. The number of Topliss-reactive ketones (excluding diaryl/α,β-unsaturated/α-hetero) is 3. The average molecular weight is 1210 g/mol. The fourth-order valence-electron chi connectivity index (χ4n) is 10.3. The third kappa shape index (κ3) is 19.2. The number of ether oxygens (including phenoxy) is 1. The van der Waals surface area contributed by atoms with Crippen molar-refractivity contribution in [3.8, 4) is 0 Å². The molecule has 1 saturated carbocycles. The lowest BCUT2D eigenvalue weighted by molar-refractivity contribution is -0.135. The van der Waals surface area contributed by atoms with Gasteiger partial charge in [-0.1, -0.05) is 189 Å². The highest BCUT2D eigenvalue weighted by atomic mass is 31.2. The second-order valence-corrected chi connectivity index (χ2v) is 24.5. The molecule has 0 heterocycles. The van der Waals surface area contributed by atoms with Crippen LogP contribution in [0.15, 0.2) is 212 Å². The van der Waals surface area contributed by atoms with Crippen molar-refractivity contribution in [1.29, 1.82) is 0 Å². The van der Waals surface area contributed by atoms with E-state index in [1.807, 2.05) is 142 Å². The van der Waals surface area contributed by atoms with Gasteiger partial charge in [0.1, 0.15) is 11.2 Å². The third-order valence-electron chi connectivity index (χ3n) is 15.1. The van der Waals surface area contributed by atoms with Gasteiger partial charge in [-0.2, -0.15) is 0 Å². The van der Waals surface area contributed by atoms with E-state index < -0.39 is 30.1 Å². The molecular formula is C75H85N2O10P. The number of hydrogen-bond donors (Lipinski definition) is 2. The van der Waals surface area contributed by atoms with Crippen LogP contribution < -0.4 is 20.4 Å². The van der Waals surface area contributed by atoms with Gasteiger partial charge in [-0.25, -0.2) is 4.79 Å². The summed E-state index contributed by atoms with van der Waals surface area (Å²) in [5.74, 6) is -1.72. The SMILES string of the molecule is CC(C)(O)C(=O)c1ccccc1.CCN(CC)c1ccc(C(=O)c2ccc(N(CC)CC)cc2)cc1.COC(=O)C(=O)c1ccccc1.Cc1cc(C)c(C(=O)P(=O)(c2ccccc2)c2ccccc2)c(C)c1.O=C(c1ccccc1)C1(O)CCCCC1. The van der Waals surface area contributed by atoms with Crippen LogP contribution >= 0.6 is 7.14 Å². The van der Waals surface area contributed by atoms with Crippen molar-refractivity contribution in [3.63, 3.8) is 0 Å². The number of esters is 1. The number of rotatable bonds is 18. The van der Waals surface area contributed by atoms with Gasteiger partial charge in [-0.05, 0) is 135 Å². The number of ketones is 4. The van der Waals surface area contributed by atoms with Crippen molar-refractivity contribution in [2.24, 2.45) is 0 Å². The standard InChI is InChI=1S/C22H21O2P.C21H28N2O.C13H16O2.C10H12O2.C9H8O3/c1-16-14-17(2)21(18(3)15-16)22(23)25(24,19-10-6-4-7-11-19)20-12-8-5-9-13-20;1-5-22(6-2)19-13-9-17(10-14-19)21(24)18-11-15-20(16-12-18)23(7-3)8-4;14-12(11-7-3-1-4-8-11)13(15)9-5-2-6-10-13;1-10(2,12)9(11)8-6-4-3-5-7-8;1-12-9(11)8(10)7-5-3-2-4-6-7/h4-15H,1-3H3;9-16H,5-8H2,1-4H3;1,3-4,7-8,15H,2,5-6,9-10H2;3-7,12H,1-2H3;2-6H,1H3. The zero-order chi connectivity index (χ0) is 64.4. The second kappa shape index (κ2) is 34.0. The summed E-state index contributed by atoms with van der Waals surface area (Å²) >= 11 is 0. The molecule has 0 atom stereocenters. The monoisotopic (exact) mass is 1200 g/mol. The Morgan fingerprint density at radius 1 is 0.500 bits per heavy atom. The molecule has 0 radical (unpaired) electrons. The van der Waals surface area contributed by atoms with E-state index in [-0.39, 0.29) is 22.9 Å². The summed E-state index contributed by atoms with van der Waals surface area (Å²) in [6.45, 7) is 21.2. The Bertz CT molecular complexity index is 3430. The summed E-state index contributed by atoms with van der Waals surface area (Å²) in [5, 5.41) is 20.8. The first-order valence-electron chi connectivity index (χ1n) is 30.0. The number of carbonyl (C=O) groups excluding carboxylic acids is 6. The van der Waals surface area contributed by atoms with E-state index in [2.05, 4.69) is 42.2 Å². The lowest BCUT2D eigenvalue weighted by Crippen LogP contribution is -2.40. The van der Waals surface area contributed by atoms with Crippen LogP contribution in [0.2, 0.25) is 0 Å². The molecule has 1 fully saturated rings. The third-order valence-corrected chi connectivity index (χ3v) is 17.9. The molecule has 0 bridgehead atoms. The summed E-state index contributed by atoms with van der Waals surface area (Å²) in [7, 11) is -2.26. The molecule has 460 valence electrons. The van der Waals surface area contributed by atoms with Crippen LogP contribution in [0.1, 0.15) is 148 Å². The molecule has 0 amide bonds. The lowest BCUT2D eigenvalue weighted by atomic mass is 9.79. The van der Waals surface area contributed by atoms with E-state index in [1.54, 1.807) is 91.0 Å². The molecule has 88 heavy (non-hydrogen) atoms. The molecule has 1 aliphatic carbocycles. The summed E-state index contributed by atoms with van der Waals surface area (Å²) in [5.41, 5.74) is 6.06. The van der Waals surface area contributed by atoms with Crippen molar-refractivity contribution < 1.29 is 48.3 Å². The normalized spacial score (nSPS) is 12.2. The van der Waals surface area contributed by atoms with E-state index in [4.69, 9.17) is 0 Å².